The van der Waals surface area contributed by atoms with E-state index in [-0.39, 0.29) is 5.82 Å². The van der Waals surface area contributed by atoms with Crippen LogP contribution in [0.2, 0.25) is 0 Å². The summed E-state index contributed by atoms with van der Waals surface area (Å²) in [5.41, 5.74) is 6.67. The maximum Gasteiger partial charge on any atom is 0.123 e. The second-order valence-corrected chi connectivity index (χ2v) is 3.69. The van der Waals surface area contributed by atoms with Crippen LogP contribution >= 0.6 is 0 Å². The van der Waals surface area contributed by atoms with Crippen molar-refractivity contribution in [1.29, 1.82) is 0 Å². The highest BCUT2D eigenvalue weighted by atomic mass is 19.1. The summed E-state index contributed by atoms with van der Waals surface area (Å²) in [5, 5.41) is 0. The Morgan fingerprint density at radius 2 is 1.87 bits per heavy atom. The van der Waals surface area contributed by atoms with Gasteiger partial charge in [-0.1, -0.05) is 19.1 Å². The van der Waals surface area contributed by atoms with Gasteiger partial charge in [-0.25, -0.2) is 4.39 Å². The van der Waals surface area contributed by atoms with Crippen LogP contribution in [0.3, 0.4) is 0 Å². The summed E-state index contributed by atoms with van der Waals surface area (Å²) in [4.78, 5) is 2.28. The first kappa shape index (κ1) is 12.1. The fraction of sp³-hybridized carbons (Fsp3) is 0.500. The second kappa shape index (κ2) is 6.53. The summed E-state index contributed by atoms with van der Waals surface area (Å²) >= 11 is 0. The molecular weight excluding hydrogens is 191 g/mol. The largest absolute Gasteiger partial charge is 0.329 e. The molecule has 84 valence electrons. The minimum Gasteiger partial charge on any atom is -0.329 e. The Balaban J connectivity index is 2.53. The number of nitrogens with two attached hydrogens (primary N) is 1. The molecule has 0 heterocycles. The Morgan fingerprint density at radius 1 is 1.20 bits per heavy atom. The van der Waals surface area contributed by atoms with Crippen LogP contribution in [0.1, 0.15) is 18.9 Å². The molecule has 2 nitrogen and oxygen atoms in total. The smallest absolute Gasteiger partial charge is 0.123 e. The highest BCUT2D eigenvalue weighted by molar-refractivity contribution is 5.15. The van der Waals surface area contributed by atoms with E-state index in [1.54, 1.807) is 0 Å². The lowest BCUT2D eigenvalue weighted by atomic mass is 10.2. The van der Waals surface area contributed by atoms with Crippen molar-refractivity contribution in [3.8, 4) is 0 Å². The Kier molecular flexibility index (Phi) is 5.29. The molecule has 3 heteroatoms. The zero-order valence-corrected chi connectivity index (χ0v) is 9.25. The summed E-state index contributed by atoms with van der Waals surface area (Å²) in [5.74, 6) is -0.181. The van der Waals surface area contributed by atoms with E-state index in [0.717, 1.165) is 31.6 Å². The van der Waals surface area contributed by atoms with E-state index in [9.17, 15) is 4.39 Å². The van der Waals surface area contributed by atoms with Crippen molar-refractivity contribution in [3.05, 3.63) is 35.6 Å². The van der Waals surface area contributed by atoms with Gasteiger partial charge in [0.1, 0.15) is 5.82 Å². The van der Waals surface area contributed by atoms with Crippen LogP contribution in [-0.4, -0.2) is 24.5 Å². The molecule has 0 aliphatic heterocycles. The van der Waals surface area contributed by atoms with Crippen molar-refractivity contribution in [2.24, 2.45) is 5.73 Å². The molecule has 2 N–H and O–H groups in total. The van der Waals surface area contributed by atoms with Gasteiger partial charge in [0.05, 0.1) is 0 Å². The monoisotopic (exact) mass is 210 g/mol. The van der Waals surface area contributed by atoms with Crippen LogP contribution in [0, 0.1) is 5.82 Å². The van der Waals surface area contributed by atoms with E-state index >= 15 is 0 Å². The Bertz CT molecular complexity index is 265. The topological polar surface area (TPSA) is 29.3 Å². The third-order valence-electron chi connectivity index (χ3n) is 2.30. The predicted molar refractivity (Wildman–Crippen MR) is 61.0 cm³/mol. The summed E-state index contributed by atoms with van der Waals surface area (Å²) in [6.45, 7) is 5.60. The number of hydrogen-bond acceptors (Lipinski definition) is 2. The van der Waals surface area contributed by atoms with Gasteiger partial charge in [-0.3, -0.25) is 4.90 Å². The quantitative estimate of drug-likeness (QED) is 0.778. The molecule has 1 aromatic rings. The molecule has 0 saturated carbocycles. The van der Waals surface area contributed by atoms with Crippen molar-refractivity contribution in [3.63, 3.8) is 0 Å². The van der Waals surface area contributed by atoms with Crippen molar-refractivity contribution in [2.75, 3.05) is 19.6 Å². The fourth-order valence-corrected chi connectivity index (χ4v) is 1.62. The van der Waals surface area contributed by atoms with Crippen molar-refractivity contribution in [1.82, 2.24) is 4.90 Å². The Morgan fingerprint density at radius 3 is 2.40 bits per heavy atom. The van der Waals surface area contributed by atoms with Crippen molar-refractivity contribution >= 4 is 0 Å². The summed E-state index contributed by atoms with van der Waals surface area (Å²) in [7, 11) is 0. The van der Waals surface area contributed by atoms with Crippen molar-refractivity contribution < 1.29 is 4.39 Å². The molecule has 0 aliphatic rings. The average Bonchev–Trinajstić information content (AvgIpc) is 2.22. The SMILES string of the molecule is CCCN(CCN)Cc1ccc(F)cc1. The first-order valence-corrected chi connectivity index (χ1v) is 5.43. The third kappa shape index (κ3) is 4.40. The van der Waals surface area contributed by atoms with Gasteiger partial charge in [-0.05, 0) is 30.7 Å². The lowest BCUT2D eigenvalue weighted by Crippen LogP contribution is -2.29. The van der Waals surface area contributed by atoms with E-state index < -0.39 is 0 Å². The lowest BCUT2D eigenvalue weighted by molar-refractivity contribution is 0.273. The van der Waals surface area contributed by atoms with E-state index in [4.69, 9.17) is 5.73 Å². The number of nitrogens with zero attached hydrogens (tertiary/aromatic N) is 1. The third-order valence-corrected chi connectivity index (χ3v) is 2.30. The first-order chi connectivity index (χ1) is 7.26. The molecule has 0 atom stereocenters. The number of hydrogen-bond donors (Lipinski definition) is 1. The van der Waals surface area contributed by atoms with E-state index in [1.807, 2.05) is 12.1 Å². The molecule has 1 rings (SSSR count). The van der Waals surface area contributed by atoms with Gasteiger partial charge in [0.2, 0.25) is 0 Å². The molecule has 0 amide bonds. The van der Waals surface area contributed by atoms with E-state index in [0.29, 0.717) is 6.54 Å². The van der Waals surface area contributed by atoms with Gasteiger partial charge >= 0.3 is 0 Å². The van der Waals surface area contributed by atoms with Crippen LogP contribution in [0.25, 0.3) is 0 Å². The van der Waals surface area contributed by atoms with Gasteiger partial charge in [-0.2, -0.15) is 0 Å². The Hall–Kier alpha value is -0.930. The molecule has 0 aromatic heterocycles. The highest BCUT2D eigenvalue weighted by Crippen LogP contribution is 2.06. The standard InChI is InChI=1S/C12H19FN2/c1-2-8-15(9-7-14)10-11-3-5-12(13)6-4-11/h3-6H,2,7-10,14H2,1H3. The molecule has 0 spiro atoms. The molecule has 15 heavy (non-hydrogen) atoms. The van der Waals surface area contributed by atoms with E-state index in [1.165, 1.54) is 12.1 Å². The second-order valence-electron chi connectivity index (χ2n) is 3.69. The van der Waals surface area contributed by atoms with Gasteiger partial charge in [0.15, 0.2) is 0 Å². The van der Waals surface area contributed by atoms with E-state index in [2.05, 4.69) is 11.8 Å². The summed E-state index contributed by atoms with van der Waals surface area (Å²) in [6.07, 6.45) is 1.11. The van der Waals surface area contributed by atoms with Crippen LogP contribution in [-0.2, 0) is 6.54 Å². The minimum absolute atomic E-state index is 0.181. The van der Waals surface area contributed by atoms with Gasteiger partial charge in [0, 0.05) is 19.6 Å². The van der Waals surface area contributed by atoms with Crippen molar-refractivity contribution in [2.45, 2.75) is 19.9 Å². The molecule has 1 aromatic carbocycles. The Labute approximate surface area is 90.9 Å². The van der Waals surface area contributed by atoms with Gasteiger partial charge in [-0.15, -0.1) is 0 Å². The number of halogens is 1. The van der Waals surface area contributed by atoms with Gasteiger partial charge in [0.25, 0.3) is 0 Å². The number of benzene rings is 1. The summed E-state index contributed by atoms with van der Waals surface area (Å²) < 4.78 is 12.7. The molecule has 0 unspecified atom stereocenters. The molecule has 0 saturated heterocycles. The van der Waals surface area contributed by atoms with Crippen LogP contribution in [0.4, 0.5) is 4.39 Å². The van der Waals surface area contributed by atoms with Crippen LogP contribution < -0.4 is 5.73 Å². The highest BCUT2D eigenvalue weighted by Gasteiger charge is 2.03. The molecule has 0 bridgehead atoms. The first-order valence-electron chi connectivity index (χ1n) is 5.43. The molecule has 0 aliphatic carbocycles. The fourth-order valence-electron chi connectivity index (χ4n) is 1.62. The zero-order valence-electron chi connectivity index (χ0n) is 9.25. The molecule has 0 fully saturated rings. The average molecular weight is 210 g/mol. The lowest BCUT2D eigenvalue weighted by Gasteiger charge is -2.20. The van der Waals surface area contributed by atoms with Crippen LogP contribution in [0.15, 0.2) is 24.3 Å². The maximum atomic E-state index is 12.7. The zero-order chi connectivity index (χ0) is 11.1. The van der Waals surface area contributed by atoms with Gasteiger partial charge < -0.3 is 5.73 Å². The number of rotatable bonds is 6. The molecule has 0 radical (unpaired) electrons. The minimum atomic E-state index is -0.181. The molecular formula is C12H19FN2. The summed E-state index contributed by atoms with van der Waals surface area (Å²) in [6, 6.07) is 6.66. The van der Waals surface area contributed by atoms with Crippen LogP contribution in [0.5, 0.6) is 0 Å². The predicted octanol–water partition coefficient (Wildman–Crippen LogP) is 2.00. The normalized spacial score (nSPS) is 10.9. The maximum absolute atomic E-state index is 12.7.